The molecule has 0 fully saturated rings. The monoisotopic (exact) mass is 326 g/mol. The molecule has 0 amide bonds. The molecule has 2 aromatic heterocycles. The normalized spacial score (nSPS) is 11.2. The predicted molar refractivity (Wildman–Crippen MR) is 105 cm³/mol. The molecule has 2 nitrogen and oxygen atoms in total. The first-order valence-corrected chi connectivity index (χ1v) is 8.71. The van der Waals surface area contributed by atoms with Gasteiger partial charge in [0, 0.05) is 29.5 Å². The Balaban J connectivity index is 1.87. The molecule has 2 heteroatoms. The molecule has 0 aliphatic carbocycles. The minimum absolute atomic E-state index is 0.866. The van der Waals surface area contributed by atoms with Crippen molar-refractivity contribution in [2.45, 2.75) is 27.3 Å². The van der Waals surface area contributed by atoms with Gasteiger partial charge in [-0.15, -0.1) is 0 Å². The quantitative estimate of drug-likeness (QED) is 0.474. The number of aryl methyl sites for hydroxylation is 2. The van der Waals surface area contributed by atoms with Crippen molar-refractivity contribution in [2.24, 2.45) is 0 Å². The summed E-state index contributed by atoms with van der Waals surface area (Å²) in [5.74, 6) is 0. The van der Waals surface area contributed by atoms with Gasteiger partial charge in [0.2, 0.25) is 0 Å². The second-order valence-electron chi connectivity index (χ2n) is 6.61. The second-order valence-corrected chi connectivity index (χ2v) is 6.61. The highest BCUT2D eigenvalue weighted by Gasteiger charge is 2.14. The standard InChI is InChI=1S/C23H22N2/c1-16-18(3)25(22-13-14-24-17(2)23(16)22)15-20-11-7-8-12-21(20)19-9-5-4-6-10-19/h4-14H,15H2,1-3H3. The van der Waals surface area contributed by atoms with E-state index in [1.807, 2.05) is 6.20 Å². The molecule has 0 radical (unpaired) electrons. The van der Waals surface area contributed by atoms with E-state index in [0.717, 1.165) is 12.2 Å². The molecule has 2 aromatic carbocycles. The lowest BCUT2D eigenvalue weighted by Gasteiger charge is -2.13. The molecular weight excluding hydrogens is 304 g/mol. The van der Waals surface area contributed by atoms with E-state index < -0.39 is 0 Å². The van der Waals surface area contributed by atoms with Crippen LogP contribution in [-0.2, 0) is 6.54 Å². The third-order valence-electron chi connectivity index (χ3n) is 5.16. The Labute approximate surface area is 148 Å². The Kier molecular flexibility index (Phi) is 3.89. The van der Waals surface area contributed by atoms with Crippen LogP contribution in [0.4, 0.5) is 0 Å². The lowest BCUT2D eigenvalue weighted by molar-refractivity contribution is 0.802. The fourth-order valence-corrected chi connectivity index (χ4v) is 3.74. The van der Waals surface area contributed by atoms with Gasteiger partial charge in [0.05, 0.1) is 5.52 Å². The molecule has 4 aromatic rings. The Morgan fingerprint density at radius 2 is 1.56 bits per heavy atom. The largest absolute Gasteiger partial charge is 0.340 e. The Morgan fingerprint density at radius 3 is 2.36 bits per heavy atom. The molecule has 4 rings (SSSR count). The maximum absolute atomic E-state index is 4.48. The molecule has 0 spiro atoms. The molecule has 0 bridgehead atoms. The van der Waals surface area contributed by atoms with Gasteiger partial charge in [-0.2, -0.15) is 0 Å². The van der Waals surface area contributed by atoms with Gasteiger partial charge < -0.3 is 4.57 Å². The number of nitrogens with zero attached hydrogens (tertiary/aromatic N) is 2. The molecule has 0 atom stereocenters. The topological polar surface area (TPSA) is 17.8 Å². The van der Waals surface area contributed by atoms with Crippen molar-refractivity contribution >= 4 is 10.9 Å². The van der Waals surface area contributed by atoms with Crippen LogP contribution in [0.3, 0.4) is 0 Å². The summed E-state index contributed by atoms with van der Waals surface area (Å²) in [5, 5.41) is 1.29. The van der Waals surface area contributed by atoms with Crippen molar-refractivity contribution in [3.8, 4) is 11.1 Å². The minimum atomic E-state index is 0.866. The van der Waals surface area contributed by atoms with Gasteiger partial charge in [-0.3, -0.25) is 4.98 Å². The highest BCUT2D eigenvalue weighted by molar-refractivity contribution is 5.87. The lowest BCUT2D eigenvalue weighted by Crippen LogP contribution is -2.03. The number of hydrogen-bond donors (Lipinski definition) is 0. The summed E-state index contributed by atoms with van der Waals surface area (Å²) in [6, 6.07) is 21.4. The maximum Gasteiger partial charge on any atom is 0.0522 e. The SMILES string of the molecule is Cc1nccc2c1c(C)c(C)n2Cc1ccccc1-c1ccccc1. The van der Waals surface area contributed by atoms with Crippen LogP contribution in [0.5, 0.6) is 0 Å². The van der Waals surface area contributed by atoms with Gasteiger partial charge in [0.15, 0.2) is 0 Å². The molecule has 0 saturated carbocycles. The zero-order chi connectivity index (χ0) is 17.4. The first-order chi connectivity index (χ1) is 12.2. The van der Waals surface area contributed by atoms with E-state index in [-0.39, 0.29) is 0 Å². The third-order valence-corrected chi connectivity index (χ3v) is 5.16. The van der Waals surface area contributed by atoms with Crippen LogP contribution >= 0.6 is 0 Å². The van der Waals surface area contributed by atoms with Gasteiger partial charge in [0.25, 0.3) is 0 Å². The van der Waals surface area contributed by atoms with Crippen LogP contribution in [0.1, 0.15) is 22.5 Å². The van der Waals surface area contributed by atoms with Crippen molar-refractivity contribution in [1.29, 1.82) is 0 Å². The molecule has 0 unspecified atom stereocenters. The smallest absolute Gasteiger partial charge is 0.0522 e. The molecule has 0 aliphatic rings. The number of aromatic nitrogens is 2. The van der Waals surface area contributed by atoms with E-state index in [1.54, 1.807) is 0 Å². The van der Waals surface area contributed by atoms with E-state index in [0.29, 0.717) is 0 Å². The van der Waals surface area contributed by atoms with E-state index >= 15 is 0 Å². The highest BCUT2D eigenvalue weighted by atomic mass is 15.0. The summed E-state index contributed by atoms with van der Waals surface area (Å²) in [7, 11) is 0. The summed E-state index contributed by atoms with van der Waals surface area (Å²) in [6.45, 7) is 7.37. The van der Waals surface area contributed by atoms with Crippen molar-refractivity contribution in [2.75, 3.05) is 0 Å². The van der Waals surface area contributed by atoms with Crippen molar-refractivity contribution < 1.29 is 0 Å². The van der Waals surface area contributed by atoms with Crippen LogP contribution in [0, 0.1) is 20.8 Å². The van der Waals surface area contributed by atoms with E-state index in [2.05, 4.69) is 91.0 Å². The minimum Gasteiger partial charge on any atom is -0.340 e. The number of benzene rings is 2. The number of rotatable bonds is 3. The van der Waals surface area contributed by atoms with E-state index in [4.69, 9.17) is 0 Å². The average molecular weight is 326 g/mol. The van der Waals surface area contributed by atoms with Crippen molar-refractivity contribution in [1.82, 2.24) is 9.55 Å². The van der Waals surface area contributed by atoms with Gasteiger partial charge >= 0.3 is 0 Å². The van der Waals surface area contributed by atoms with Gasteiger partial charge in [-0.1, -0.05) is 54.6 Å². The highest BCUT2D eigenvalue weighted by Crippen LogP contribution is 2.30. The van der Waals surface area contributed by atoms with Crippen LogP contribution in [0.2, 0.25) is 0 Å². The van der Waals surface area contributed by atoms with Crippen LogP contribution in [0.15, 0.2) is 66.9 Å². The van der Waals surface area contributed by atoms with Crippen molar-refractivity contribution in [3.05, 3.63) is 89.4 Å². The summed E-state index contributed by atoms with van der Waals surface area (Å²) in [4.78, 5) is 4.48. The molecule has 0 aliphatic heterocycles. The first kappa shape index (κ1) is 15.6. The van der Waals surface area contributed by atoms with Gasteiger partial charge in [-0.05, 0) is 49.1 Å². The first-order valence-electron chi connectivity index (χ1n) is 8.71. The van der Waals surface area contributed by atoms with E-state index in [1.165, 1.54) is 38.9 Å². The zero-order valence-electron chi connectivity index (χ0n) is 15.0. The second kappa shape index (κ2) is 6.21. The van der Waals surface area contributed by atoms with Crippen LogP contribution < -0.4 is 0 Å². The predicted octanol–water partition coefficient (Wildman–Crippen LogP) is 5.68. The van der Waals surface area contributed by atoms with E-state index in [9.17, 15) is 0 Å². The van der Waals surface area contributed by atoms with Crippen LogP contribution in [0.25, 0.3) is 22.0 Å². The summed E-state index contributed by atoms with van der Waals surface area (Å²) < 4.78 is 2.42. The molecular formula is C23H22N2. The number of fused-ring (bicyclic) bond motifs is 1. The summed E-state index contributed by atoms with van der Waals surface area (Å²) in [6.07, 6.45) is 1.91. The van der Waals surface area contributed by atoms with Crippen molar-refractivity contribution in [3.63, 3.8) is 0 Å². The fraction of sp³-hybridized carbons (Fsp3) is 0.174. The van der Waals surface area contributed by atoms with Gasteiger partial charge in [-0.25, -0.2) is 0 Å². The Morgan fingerprint density at radius 1 is 0.840 bits per heavy atom. The average Bonchev–Trinajstić information content (AvgIpc) is 2.89. The molecule has 2 heterocycles. The molecule has 0 saturated heterocycles. The number of hydrogen-bond acceptors (Lipinski definition) is 1. The Bertz CT molecular complexity index is 1040. The molecule has 0 N–H and O–H groups in total. The maximum atomic E-state index is 4.48. The lowest BCUT2D eigenvalue weighted by atomic mass is 9.99. The Hall–Kier alpha value is -2.87. The van der Waals surface area contributed by atoms with Gasteiger partial charge in [0.1, 0.15) is 0 Å². The van der Waals surface area contributed by atoms with Crippen LogP contribution in [-0.4, -0.2) is 9.55 Å². The molecule has 124 valence electrons. The molecule has 25 heavy (non-hydrogen) atoms. The fourth-order valence-electron chi connectivity index (χ4n) is 3.74. The third kappa shape index (κ3) is 2.64. The summed E-state index contributed by atoms with van der Waals surface area (Å²) in [5.41, 5.74) is 8.92. The number of pyridine rings is 1. The zero-order valence-corrected chi connectivity index (χ0v) is 15.0. The summed E-state index contributed by atoms with van der Waals surface area (Å²) >= 11 is 0.